The number of rotatable bonds is 4. The zero-order valence-electron chi connectivity index (χ0n) is 13.9. The summed E-state index contributed by atoms with van der Waals surface area (Å²) in [6, 6.07) is 0. The topological polar surface area (TPSA) is 91.4 Å². The van der Waals surface area contributed by atoms with Crippen LogP contribution in [-0.2, 0) is 28.5 Å². The van der Waals surface area contributed by atoms with Crippen molar-refractivity contribution in [1.29, 1.82) is 0 Å². The average Bonchev–Trinajstić information content (AvgIpc) is 2.35. The van der Waals surface area contributed by atoms with Gasteiger partial charge in [0.2, 0.25) is 0 Å². The first kappa shape index (κ1) is 19.1. The first-order chi connectivity index (χ1) is 9.92. The average molecular weight is 339 g/mol. The van der Waals surface area contributed by atoms with E-state index in [1.165, 1.54) is 19.1 Å². The van der Waals surface area contributed by atoms with E-state index in [0.29, 0.717) is 6.54 Å². The highest BCUT2D eigenvalue weighted by molar-refractivity contribution is 7.86. The highest BCUT2D eigenvalue weighted by Crippen LogP contribution is 2.30. The molecular weight excluding hydrogens is 314 g/mol. The number of hydrogen-bond donors (Lipinski definition) is 0. The second-order valence-corrected chi connectivity index (χ2v) is 7.79. The number of hydrogen-bond acceptors (Lipinski definition) is 7. The Bertz CT molecular complexity index is 493. The van der Waals surface area contributed by atoms with Crippen LogP contribution >= 0.6 is 0 Å². The van der Waals surface area contributed by atoms with Crippen LogP contribution in [0.25, 0.3) is 0 Å². The van der Waals surface area contributed by atoms with Crippen LogP contribution in [0.4, 0.5) is 4.79 Å². The third-order valence-corrected chi connectivity index (χ3v) is 3.82. The Morgan fingerprint density at radius 1 is 1.23 bits per heavy atom. The molecule has 22 heavy (non-hydrogen) atoms. The van der Waals surface area contributed by atoms with E-state index >= 15 is 0 Å². The Hall–Kier alpha value is -0.900. The van der Waals surface area contributed by atoms with Crippen molar-refractivity contribution >= 4 is 16.2 Å². The van der Waals surface area contributed by atoms with Crippen LogP contribution in [0, 0.1) is 0 Å². The van der Waals surface area contributed by atoms with Gasteiger partial charge in [-0.2, -0.15) is 8.42 Å². The Labute approximate surface area is 131 Å². The summed E-state index contributed by atoms with van der Waals surface area (Å²) >= 11 is 0. The van der Waals surface area contributed by atoms with Crippen LogP contribution < -0.4 is 0 Å². The lowest BCUT2D eigenvalue weighted by Gasteiger charge is -2.44. The number of nitrogens with zero attached hydrogens (tertiary/aromatic N) is 1. The van der Waals surface area contributed by atoms with Crippen molar-refractivity contribution in [3.63, 3.8) is 0 Å². The molecule has 1 amide bonds. The first-order valence-corrected chi connectivity index (χ1v) is 8.70. The van der Waals surface area contributed by atoms with Crippen LogP contribution in [0.3, 0.4) is 0 Å². The molecule has 0 spiro atoms. The van der Waals surface area contributed by atoms with Gasteiger partial charge < -0.3 is 19.1 Å². The fraction of sp³-hybridized carbons (Fsp3) is 0.923. The molecule has 1 heterocycles. The Kier molecular flexibility index (Phi) is 5.82. The largest absolute Gasteiger partial charge is 0.444 e. The van der Waals surface area contributed by atoms with Crippen LogP contribution in [-0.4, -0.2) is 70.5 Å². The molecule has 1 saturated heterocycles. The summed E-state index contributed by atoms with van der Waals surface area (Å²) in [5.41, 5.74) is -0.638. The van der Waals surface area contributed by atoms with Gasteiger partial charge in [-0.1, -0.05) is 0 Å². The molecule has 1 fully saturated rings. The van der Waals surface area contributed by atoms with Crippen molar-refractivity contribution in [3.05, 3.63) is 0 Å². The van der Waals surface area contributed by atoms with Crippen LogP contribution in [0.15, 0.2) is 0 Å². The molecule has 8 nitrogen and oxygen atoms in total. The summed E-state index contributed by atoms with van der Waals surface area (Å²) < 4.78 is 43.9. The second-order valence-electron chi connectivity index (χ2n) is 6.19. The molecule has 0 N–H and O–H groups in total. The summed E-state index contributed by atoms with van der Waals surface area (Å²) in [5, 5.41) is 0. The highest BCUT2D eigenvalue weighted by Gasteiger charge is 2.48. The highest BCUT2D eigenvalue weighted by atomic mass is 32.2. The number of carbonyl (C=O) groups is 1. The molecule has 0 aromatic heterocycles. The normalized spacial score (nSPS) is 22.5. The van der Waals surface area contributed by atoms with Gasteiger partial charge in [0.05, 0.1) is 12.8 Å². The molecule has 0 aromatic rings. The monoisotopic (exact) mass is 339 g/mol. The number of methoxy groups -OCH3 is 2. The van der Waals surface area contributed by atoms with E-state index in [1.54, 1.807) is 20.8 Å². The van der Waals surface area contributed by atoms with Crippen LogP contribution in [0.1, 0.15) is 27.2 Å². The lowest BCUT2D eigenvalue weighted by Crippen LogP contribution is -2.60. The fourth-order valence-corrected chi connectivity index (χ4v) is 2.87. The van der Waals surface area contributed by atoms with Gasteiger partial charge in [0.15, 0.2) is 5.79 Å². The van der Waals surface area contributed by atoms with E-state index in [4.69, 9.17) is 18.4 Å². The standard InChI is InChI=1S/C13H25NO7S/c1-12(2,3)20-11(15)14-8-7-13(18-4,19-5)10(9-14)21-22(6,16)17/h10H,7-9H2,1-6H3. The molecule has 1 rings (SSSR count). The summed E-state index contributed by atoms with van der Waals surface area (Å²) in [5.74, 6) is -1.22. The fourth-order valence-electron chi connectivity index (χ4n) is 2.24. The molecule has 130 valence electrons. The predicted molar refractivity (Wildman–Crippen MR) is 78.9 cm³/mol. The third-order valence-electron chi connectivity index (χ3n) is 3.24. The van der Waals surface area contributed by atoms with Gasteiger partial charge in [0.1, 0.15) is 11.7 Å². The van der Waals surface area contributed by atoms with Crippen LogP contribution in [0.5, 0.6) is 0 Å². The molecule has 0 saturated carbocycles. The molecule has 0 aromatic carbocycles. The Morgan fingerprint density at radius 2 is 1.77 bits per heavy atom. The van der Waals surface area contributed by atoms with Crippen LogP contribution in [0.2, 0.25) is 0 Å². The second kappa shape index (κ2) is 6.69. The molecule has 1 atom stereocenters. The van der Waals surface area contributed by atoms with Crippen molar-refractivity contribution in [1.82, 2.24) is 4.90 Å². The van der Waals surface area contributed by atoms with Gasteiger partial charge in [-0.15, -0.1) is 0 Å². The molecular formula is C13H25NO7S. The van der Waals surface area contributed by atoms with E-state index in [1.807, 2.05) is 0 Å². The zero-order valence-corrected chi connectivity index (χ0v) is 14.7. The Balaban J connectivity index is 2.93. The number of likely N-dealkylation sites (tertiary alicyclic amines) is 1. The minimum absolute atomic E-state index is 0.0103. The maximum Gasteiger partial charge on any atom is 0.410 e. The first-order valence-electron chi connectivity index (χ1n) is 6.89. The number of ether oxygens (including phenoxy) is 3. The van der Waals surface area contributed by atoms with Crippen molar-refractivity contribution in [3.8, 4) is 0 Å². The number of piperidine rings is 1. The van der Waals surface area contributed by atoms with E-state index < -0.39 is 33.7 Å². The van der Waals surface area contributed by atoms with Gasteiger partial charge in [0.25, 0.3) is 10.1 Å². The molecule has 0 radical (unpaired) electrons. The predicted octanol–water partition coefficient (Wildman–Crippen LogP) is 0.961. The quantitative estimate of drug-likeness (QED) is 0.556. The summed E-state index contributed by atoms with van der Waals surface area (Å²) in [6.45, 7) is 5.57. The van der Waals surface area contributed by atoms with Crippen molar-refractivity contribution < 1.29 is 31.6 Å². The summed E-state index contributed by atoms with van der Waals surface area (Å²) in [6.07, 6.45) is -0.302. The SMILES string of the molecule is COC1(OC)CCN(C(=O)OC(C)(C)C)CC1OS(C)(=O)=O. The van der Waals surface area contributed by atoms with E-state index in [-0.39, 0.29) is 13.0 Å². The number of carbonyl (C=O) groups excluding carboxylic acids is 1. The lowest BCUT2D eigenvalue weighted by atomic mass is 10.0. The molecule has 1 unspecified atom stereocenters. The van der Waals surface area contributed by atoms with E-state index in [0.717, 1.165) is 6.26 Å². The number of amides is 1. The van der Waals surface area contributed by atoms with Gasteiger partial charge in [-0.25, -0.2) is 4.79 Å². The van der Waals surface area contributed by atoms with Gasteiger partial charge in [-0.05, 0) is 20.8 Å². The van der Waals surface area contributed by atoms with Crippen molar-refractivity contribution in [2.75, 3.05) is 33.6 Å². The zero-order chi connectivity index (χ0) is 17.2. The summed E-state index contributed by atoms with van der Waals surface area (Å²) in [4.78, 5) is 13.5. The molecule has 1 aliphatic rings. The maximum atomic E-state index is 12.1. The van der Waals surface area contributed by atoms with Crippen molar-refractivity contribution in [2.24, 2.45) is 0 Å². The molecule has 1 aliphatic heterocycles. The van der Waals surface area contributed by atoms with Gasteiger partial charge >= 0.3 is 6.09 Å². The molecule has 9 heteroatoms. The van der Waals surface area contributed by atoms with Gasteiger partial charge in [-0.3, -0.25) is 4.18 Å². The lowest BCUT2D eigenvalue weighted by molar-refractivity contribution is -0.269. The van der Waals surface area contributed by atoms with Gasteiger partial charge in [0, 0.05) is 27.2 Å². The summed E-state index contributed by atoms with van der Waals surface area (Å²) in [7, 11) is -0.922. The molecule has 0 aliphatic carbocycles. The van der Waals surface area contributed by atoms with E-state index in [2.05, 4.69) is 0 Å². The smallest absolute Gasteiger partial charge is 0.410 e. The Morgan fingerprint density at radius 3 is 2.18 bits per heavy atom. The van der Waals surface area contributed by atoms with E-state index in [9.17, 15) is 13.2 Å². The maximum absolute atomic E-state index is 12.1. The van der Waals surface area contributed by atoms with Crippen molar-refractivity contribution in [2.45, 2.75) is 44.7 Å². The minimum Gasteiger partial charge on any atom is -0.444 e. The third kappa shape index (κ3) is 5.08. The minimum atomic E-state index is -3.74. The molecule has 0 bridgehead atoms.